The minimum Gasteiger partial charge on any atom is -0.481 e. The molecule has 2 aromatic rings. The lowest BCUT2D eigenvalue weighted by atomic mass is 10.2. The van der Waals surface area contributed by atoms with Crippen molar-refractivity contribution in [1.82, 2.24) is 25.1 Å². The Morgan fingerprint density at radius 1 is 1.27 bits per heavy atom. The zero-order valence-corrected chi connectivity index (χ0v) is 12.2. The second-order valence-electron chi connectivity index (χ2n) is 4.63. The van der Waals surface area contributed by atoms with Crippen LogP contribution in [-0.2, 0) is 16.1 Å². The fourth-order valence-corrected chi connectivity index (χ4v) is 1.92. The molecule has 0 aliphatic rings. The Morgan fingerprint density at radius 3 is 2.64 bits per heavy atom. The predicted octanol–water partition coefficient (Wildman–Crippen LogP) is 0.663. The molecule has 8 nitrogen and oxygen atoms in total. The molecule has 1 N–H and O–H groups in total. The summed E-state index contributed by atoms with van der Waals surface area (Å²) in [6.45, 7) is 2.34. The fourth-order valence-electron chi connectivity index (χ4n) is 1.92. The maximum atomic E-state index is 12.1. The highest BCUT2D eigenvalue weighted by Gasteiger charge is 2.15. The molecule has 0 radical (unpaired) electrons. The molecule has 0 saturated heterocycles. The highest BCUT2D eigenvalue weighted by atomic mass is 16.4. The molecule has 1 heterocycles. The van der Waals surface area contributed by atoms with Crippen LogP contribution in [0.15, 0.2) is 30.3 Å². The molecule has 2 rings (SSSR count). The summed E-state index contributed by atoms with van der Waals surface area (Å²) in [6.07, 6.45) is -0.0837. The molecular formula is C14H17N5O3. The first-order valence-corrected chi connectivity index (χ1v) is 6.93. The number of hydrogen-bond donors (Lipinski definition) is 1. The lowest BCUT2D eigenvalue weighted by molar-refractivity contribution is -0.138. The molecule has 1 amide bonds. The highest BCUT2D eigenvalue weighted by molar-refractivity contribution is 5.76. The van der Waals surface area contributed by atoms with Gasteiger partial charge in [0.15, 0.2) is 0 Å². The number of benzene rings is 1. The molecule has 22 heavy (non-hydrogen) atoms. The van der Waals surface area contributed by atoms with Crippen LogP contribution in [0.5, 0.6) is 0 Å². The van der Waals surface area contributed by atoms with E-state index in [4.69, 9.17) is 5.11 Å². The van der Waals surface area contributed by atoms with Crippen molar-refractivity contribution in [3.05, 3.63) is 30.3 Å². The lowest BCUT2D eigenvalue weighted by Crippen LogP contribution is -2.35. The van der Waals surface area contributed by atoms with Crippen LogP contribution in [0.3, 0.4) is 0 Å². The predicted molar refractivity (Wildman–Crippen MR) is 77.8 cm³/mol. The molecule has 1 aromatic carbocycles. The van der Waals surface area contributed by atoms with Crippen molar-refractivity contribution in [2.24, 2.45) is 0 Å². The number of tetrazole rings is 1. The molecule has 0 bridgehead atoms. The Bertz CT molecular complexity index is 641. The highest BCUT2D eigenvalue weighted by Crippen LogP contribution is 2.11. The van der Waals surface area contributed by atoms with Crippen LogP contribution in [0.1, 0.15) is 13.3 Å². The quantitative estimate of drug-likeness (QED) is 0.806. The topological polar surface area (TPSA) is 101 Å². The van der Waals surface area contributed by atoms with Gasteiger partial charge in [-0.2, -0.15) is 4.80 Å². The summed E-state index contributed by atoms with van der Waals surface area (Å²) in [4.78, 5) is 25.4. The normalized spacial score (nSPS) is 10.4. The fraction of sp³-hybridized carbons (Fsp3) is 0.357. The third-order valence-corrected chi connectivity index (χ3v) is 3.09. The molecule has 0 unspecified atom stereocenters. The number of hydrogen-bond acceptors (Lipinski definition) is 5. The van der Waals surface area contributed by atoms with Crippen LogP contribution in [0.25, 0.3) is 11.4 Å². The molecule has 0 fully saturated rings. The first kappa shape index (κ1) is 15.6. The summed E-state index contributed by atoms with van der Waals surface area (Å²) >= 11 is 0. The molecule has 0 aliphatic heterocycles. The molecule has 0 atom stereocenters. The number of likely N-dealkylation sites (N-methyl/N-ethyl adjacent to an activating group) is 1. The molecular weight excluding hydrogens is 286 g/mol. The minimum atomic E-state index is -0.934. The average Bonchev–Trinajstić information content (AvgIpc) is 2.97. The maximum absolute atomic E-state index is 12.1. The number of aliphatic carboxylic acids is 1. The van der Waals surface area contributed by atoms with E-state index in [1.165, 1.54) is 9.70 Å². The summed E-state index contributed by atoms with van der Waals surface area (Å²) in [5.74, 6) is -0.723. The minimum absolute atomic E-state index is 0.0622. The molecule has 0 spiro atoms. The molecule has 8 heteroatoms. The van der Waals surface area contributed by atoms with Crippen molar-refractivity contribution in [2.45, 2.75) is 19.9 Å². The second kappa shape index (κ2) is 7.30. The van der Waals surface area contributed by atoms with Gasteiger partial charge in [-0.05, 0) is 12.1 Å². The standard InChI is InChI=1S/C14H17N5O3/c1-2-18(9-8-13(21)22)12(20)10-19-16-14(15-17-19)11-6-4-3-5-7-11/h3-7H,2,8-10H2,1H3,(H,21,22). The van der Waals surface area contributed by atoms with Gasteiger partial charge >= 0.3 is 5.97 Å². The van der Waals surface area contributed by atoms with Crippen LogP contribution < -0.4 is 0 Å². The number of carbonyl (C=O) groups is 2. The zero-order valence-electron chi connectivity index (χ0n) is 12.2. The van der Waals surface area contributed by atoms with Crippen LogP contribution in [0.2, 0.25) is 0 Å². The van der Waals surface area contributed by atoms with Crippen LogP contribution in [-0.4, -0.2) is 55.2 Å². The number of carbonyl (C=O) groups excluding carboxylic acids is 1. The first-order valence-electron chi connectivity index (χ1n) is 6.93. The number of amides is 1. The van der Waals surface area contributed by atoms with Crippen LogP contribution >= 0.6 is 0 Å². The summed E-state index contributed by atoms with van der Waals surface area (Å²) in [6, 6.07) is 9.33. The van der Waals surface area contributed by atoms with Gasteiger partial charge in [-0.25, -0.2) is 0 Å². The monoisotopic (exact) mass is 303 g/mol. The maximum Gasteiger partial charge on any atom is 0.305 e. The van der Waals surface area contributed by atoms with Gasteiger partial charge in [-0.15, -0.1) is 10.2 Å². The number of rotatable bonds is 7. The van der Waals surface area contributed by atoms with Crippen molar-refractivity contribution < 1.29 is 14.7 Å². The smallest absolute Gasteiger partial charge is 0.305 e. The van der Waals surface area contributed by atoms with Gasteiger partial charge in [0.05, 0.1) is 6.42 Å². The van der Waals surface area contributed by atoms with E-state index in [-0.39, 0.29) is 25.4 Å². The number of aromatic nitrogens is 4. The Hall–Kier alpha value is -2.77. The van der Waals surface area contributed by atoms with E-state index in [9.17, 15) is 9.59 Å². The lowest BCUT2D eigenvalue weighted by Gasteiger charge is -2.19. The van der Waals surface area contributed by atoms with Crippen molar-refractivity contribution in [2.75, 3.05) is 13.1 Å². The van der Waals surface area contributed by atoms with Gasteiger partial charge in [-0.3, -0.25) is 9.59 Å². The third kappa shape index (κ3) is 4.11. The van der Waals surface area contributed by atoms with E-state index in [1.54, 1.807) is 6.92 Å². The second-order valence-corrected chi connectivity index (χ2v) is 4.63. The van der Waals surface area contributed by atoms with E-state index < -0.39 is 5.97 Å². The Kier molecular flexibility index (Phi) is 5.18. The molecule has 116 valence electrons. The summed E-state index contributed by atoms with van der Waals surface area (Å²) in [5.41, 5.74) is 0.819. The van der Waals surface area contributed by atoms with Gasteiger partial charge in [-0.1, -0.05) is 30.3 Å². The number of nitrogens with zero attached hydrogens (tertiary/aromatic N) is 5. The molecule has 0 saturated carbocycles. The molecule has 0 aliphatic carbocycles. The van der Waals surface area contributed by atoms with E-state index >= 15 is 0 Å². The summed E-state index contributed by atoms with van der Waals surface area (Å²) in [5, 5.41) is 20.6. The Balaban J connectivity index is 1.99. The van der Waals surface area contributed by atoms with Gasteiger partial charge in [0, 0.05) is 18.7 Å². The van der Waals surface area contributed by atoms with E-state index in [1.807, 2.05) is 30.3 Å². The number of carboxylic acid groups (broad SMARTS) is 1. The van der Waals surface area contributed by atoms with Crippen molar-refractivity contribution in [3.8, 4) is 11.4 Å². The van der Waals surface area contributed by atoms with Crippen LogP contribution in [0, 0.1) is 0 Å². The van der Waals surface area contributed by atoms with Crippen LogP contribution in [0.4, 0.5) is 0 Å². The van der Waals surface area contributed by atoms with E-state index in [0.717, 1.165) is 5.56 Å². The number of carboxylic acids is 1. The average molecular weight is 303 g/mol. The summed E-state index contributed by atoms with van der Waals surface area (Å²) < 4.78 is 0. The van der Waals surface area contributed by atoms with Crippen molar-refractivity contribution in [1.29, 1.82) is 0 Å². The Labute approximate surface area is 127 Å². The van der Waals surface area contributed by atoms with Gasteiger partial charge in [0.1, 0.15) is 6.54 Å². The van der Waals surface area contributed by atoms with Gasteiger partial charge < -0.3 is 10.0 Å². The van der Waals surface area contributed by atoms with E-state index in [0.29, 0.717) is 12.4 Å². The zero-order chi connectivity index (χ0) is 15.9. The molecule has 1 aromatic heterocycles. The third-order valence-electron chi connectivity index (χ3n) is 3.09. The first-order chi connectivity index (χ1) is 10.6. The van der Waals surface area contributed by atoms with Crippen molar-refractivity contribution >= 4 is 11.9 Å². The van der Waals surface area contributed by atoms with Crippen molar-refractivity contribution in [3.63, 3.8) is 0 Å². The SMILES string of the molecule is CCN(CCC(=O)O)C(=O)Cn1nnc(-c2ccccc2)n1. The Morgan fingerprint density at radius 2 is 2.00 bits per heavy atom. The van der Waals surface area contributed by atoms with Gasteiger partial charge in [0.25, 0.3) is 0 Å². The summed E-state index contributed by atoms with van der Waals surface area (Å²) in [7, 11) is 0. The van der Waals surface area contributed by atoms with E-state index in [2.05, 4.69) is 15.4 Å². The largest absolute Gasteiger partial charge is 0.481 e. The van der Waals surface area contributed by atoms with Gasteiger partial charge in [0.2, 0.25) is 11.7 Å².